The molecule has 7 heteroatoms. The molecule has 0 bridgehead atoms. The molecule has 0 aliphatic carbocycles. The van der Waals surface area contributed by atoms with Gasteiger partial charge in [-0.15, -0.1) is 0 Å². The molecule has 67 heavy (non-hydrogen) atoms. The molecule has 0 aliphatic heterocycles. The first-order valence-electron chi connectivity index (χ1n) is 23.8. The molecule has 0 radical (unpaired) electrons. The van der Waals surface area contributed by atoms with Crippen LogP contribution < -0.4 is 20.9 Å². The molecule has 0 unspecified atom stereocenters. The third kappa shape index (κ3) is 11.9. The van der Waals surface area contributed by atoms with Gasteiger partial charge in [0, 0.05) is 11.6 Å². The van der Waals surface area contributed by atoms with Crippen molar-refractivity contribution in [1.82, 2.24) is 19.9 Å². The van der Waals surface area contributed by atoms with E-state index in [-0.39, 0.29) is 19.5 Å². The molecule has 338 valence electrons. The molecular formula is C60H66N6Zn. The second-order valence-electron chi connectivity index (χ2n) is 19.2. The monoisotopic (exact) mass is 934 g/mol. The summed E-state index contributed by atoms with van der Waals surface area (Å²) < 4.78 is 0. The maximum atomic E-state index is 4.89. The molecule has 4 aromatic heterocycles. The fourth-order valence-electron chi connectivity index (χ4n) is 8.91. The van der Waals surface area contributed by atoms with Crippen LogP contribution in [0.2, 0.25) is 0 Å². The Kier molecular flexibility index (Phi) is 17.0. The average molecular weight is 937 g/mol. The second-order valence-corrected chi connectivity index (χ2v) is 19.2. The van der Waals surface area contributed by atoms with Gasteiger partial charge in [-0.05, 0) is 127 Å². The van der Waals surface area contributed by atoms with Crippen LogP contribution in [0.1, 0.15) is 152 Å². The maximum Gasteiger partial charge on any atom is 2.00 e. The topological polar surface area (TPSA) is 78.7 Å². The molecule has 4 aromatic carbocycles. The molecule has 8 aromatic rings. The molecule has 0 amide bonds. The molecule has 4 heterocycles. The zero-order valence-electron chi connectivity index (χ0n) is 41.7. The average Bonchev–Trinajstić information content (AvgIpc) is 3.31. The first-order valence-corrected chi connectivity index (χ1v) is 23.8. The van der Waals surface area contributed by atoms with Gasteiger partial charge in [0.15, 0.2) is 0 Å². The van der Waals surface area contributed by atoms with Crippen molar-refractivity contribution < 1.29 is 19.5 Å². The molecule has 0 saturated heterocycles. The summed E-state index contributed by atoms with van der Waals surface area (Å²) in [4.78, 5) is 27.9. The fraction of sp³-hybridized carbons (Fsp3) is 0.300. The Hall–Kier alpha value is -6.04. The van der Waals surface area contributed by atoms with E-state index in [1.165, 1.54) is 50.1 Å². The van der Waals surface area contributed by atoms with Crippen molar-refractivity contribution in [2.45, 2.75) is 119 Å². The third-order valence-corrected chi connectivity index (χ3v) is 12.3. The normalized spacial score (nSPS) is 12.1. The number of pyridine rings is 4. The summed E-state index contributed by atoms with van der Waals surface area (Å²) in [5.74, 6) is 3.95. The molecule has 6 nitrogen and oxygen atoms in total. The van der Waals surface area contributed by atoms with Gasteiger partial charge in [-0.3, -0.25) is 9.97 Å². The van der Waals surface area contributed by atoms with E-state index < -0.39 is 0 Å². The van der Waals surface area contributed by atoms with Crippen molar-refractivity contribution >= 4 is 22.5 Å². The zero-order valence-corrected chi connectivity index (χ0v) is 44.7. The van der Waals surface area contributed by atoms with Crippen LogP contribution in [0.15, 0.2) is 156 Å². The Bertz CT molecular complexity index is 3000. The van der Waals surface area contributed by atoms with Crippen molar-refractivity contribution in [1.29, 1.82) is 0 Å². The Morgan fingerprint density at radius 2 is 0.776 bits per heavy atom. The van der Waals surface area contributed by atoms with Crippen LogP contribution in [-0.4, -0.2) is 9.97 Å². The maximum absolute atomic E-state index is 4.89. The summed E-state index contributed by atoms with van der Waals surface area (Å²) in [6.45, 7) is 27.0. The molecule has 0 atom stereocenters. The van der Waals surface area contributed by atoms with Gasteiger partial charge in [-0.25, -0.2) is 0 Å². The molecule has 8 rings (SSSR count). The van der Waals surface area contributed by atoms with Crippen LogP contribution >= 0.6 is 0 Å². The first-order chi connectivity index (χ1) is 31.7. The van der Waals surface area contributed by atoms with Gasteiger partial charge in [0.1, 0.15) is 0 Å². The van der Waals surface area contributed by atoms with Crippen LogP contribution in [0.3, 0.4) is 0 Å². The molecular weight excluding hydrogens is 870 g/mol. The molecule has 0 fully saturated rings. The smallest absolute Gasteiger partial charge is 0.443 e. The first kappa shape index (κ1) is 50.4. The van der Waals surface area contributed by atoms with Crippen LogP contribution in [0.25, 0.3) is 44.3 Å². The zero-order chi connectivity index (χ0) is 47.1. The number of nitrogens with zero attached hydrogens (tertiary/aromatic N) is 6. The van der Waals surface area contributed by atoms with E-state index in [1.54, 1.807) is 0 Å². The van der Waals surface area contributed by atoms with Crippen LogP contribution in [0.5, 0.6) is 0 Å². The van der Waals surface area contributed by atoms with E-state index >= 15 is 0 Å². The Labute approximate surface area is 412 Å². The van der Waals surface area contributed by atoms with E-state index in [9.17, 15) is 0 Å². The van der Waals surface area contributed by atoms with Crippen molar-refractivity contribution in [3.8, 4) is 33.4 Å². The Morgan fingerprint density at radius 1 is 0.388 bits per heavy atom. The number of benzene rings is 4. The predicted octanol–water partition coefficient (Wildman–Crippen LogP) is 15.4. The summed E-state index contributed by atoms with van der Waals surface area (Å²) in [7, 11) is 0. The molecule has 0 saturated carbocycles. The number of hydrogen-bond donors (Lipinski definition) is 0. The minimum Gasteiger partial charge on any atom is -0.443 e. The number of fused-ring (bicyclic) bond motifs is 1. The van der Waals surface area contributed by atoms with Gasteiger partial charge in [0.2, 0.25) is 0 Å². The Morgan fingerprint density at radius 3 is 1.19 bits per heavy atom. The second kappa shape index (κ2) is 22.6. The predicted molar refractivity (Wildman–Crippen MR) is 277 cm³/mol. The Balaban J connectivity index is 0.000000224. The van der Waals surface area contributed by atoms with Gasteiger partial charge in [-0.2, -0.15) is 0 Å². The summed E-state index contributed by atoms with van der Waals surface area (Å²) in [6.07, 6.45) is 5.57. The summed E-state index contributed by atoms with van der Waals surface area (Å²) in [6, 6.07) is 44.6. The van der Waals surface area contributed by atoms with Gasteiger partial charge in [0.05, 0.1) is 17.2 Å². The van der Waals surface area contributed by atoms with Crippen molar-refractivity contribution in [3.05, 3.63) is 190 Å². The fourth-order valence-corrected chi connectivity index (χ4v) is 8.91. The van der Waals surface area contributed by atoms with E-state index in [0.717, 1.165) is 27.6 Å². The standard InChI is InChI=1S/C34H40N3.C26H26N3.Zn/c1-21(2)27-11-9-12-28(22(3)4)33(27)25-15-17-35-31(19-25)37-32-20-26(16-18-36-32)34-29(23(5)6)13-10-14-30(34)24(7)8;1-17(2)21-9-7-10-22(18(3)4)26(21)20-14-15-27-25(16-20)29-24-13-12-19-8-5-6-11-23(19)28-24;/h9-24H,1-8H3;5-18H,1-4H3;/q2*-1;+2. The molecule has 0 aliphatic rings. The molecule has 0 spiro atoms. The summed E-state index contributed by atoms with van der Waals surface area (Å²) in [5.41, 5.74) is 17.8. The number of hydrogen-bond acceptors (Lipinski definition) is 4. The third-order valence-electron chi connectivity index (χ3n) is 12.3. The van der Waals surface area contributed by atoms with Crippen LogP contribution in [-0.2, 0) is 19.5 Å². The van der Waals surface area contributed by atoms with Crippen molar-refractivity contribution in [2.24, 2.45) is 9.98 Å². The number of rotatable bonds is 11. The number of para-hydroxylation sites is 1. The minimum absolute atomic E-state index is 0. The van der Waals surface area contributed by atoms with E-state index in [1.807, 2.05) is 42.9 Å². The summed E-state index contributed by atoms with van der Waals surface area (Å²) >= 11 is 0. The SMILES string of the molecule is CC(C)c1cccc(C(C)C)c1-c1cc[n-]c(=Nc2ccc3ccccc3n2)c1.CC(C)c1cccc(C(C)C)c1-c1ccnc(N=c2cc(-c3c(C(C)C)cccc3C(C)C)cc[n-]2)c1.[Zn+2]. The van der Waals surface area contributed by atoms with Crippen molar-refractivity contribution in [2.75, 3.05) is 0 Å². The largest absolute Gasteiger partial charge is 2.00 e. The quantitative estimate of drug-likeness (QED) is 0.121. The van der Waals surface area contributed by atoms with Crippen LogP contribution in [0, 0.1) is 0 Å². The summed E-state index contributed by atoms with van der Waals surface area (Å²) in [5, 5.41) is 1.11. The molecule has 0 N–H and O–H groups in total. The van der Waals surface area contributed by atoms with Gasteiger partial charge in [0.25, 0.3) is 0 Å². The van der Waals surface area contributed by atoms with Crippen LogP contribution in [0.4, 0.5) is 11.6 Å². The van der Waals surface area contributed by atoms with Gasteiger partial charge >= 0.3 is 19.5 Å². The minimum atomic E-state index is 0. The van der Waals surface area contributed by atoms with E-state index in [2.05, 4.69) is 206 Å². The van der Waals surface area contributed by atoms with Gasteiger partial charge < -0.3 is 20.0 Å². The van der Waals surface area contributed by atoms with E-state index in [4.69, 9.17) is 9.98 Å². The van der Waals surface area contributed by atoms with Gasteiger partial charge in [-0.1, -0.05) is 210 Å². The van der Waals surface area contributed by atoms with E-state index in [0.29, 0.717) is 58.1 Å². The number of aromatic nitrogens is 4. The van der Waals surface area contributed by atoms with Crippen molar-refractivity contribution in [3.63, 3.8) is 0 Å².